The molecule has 0 spiro atoms. The Morgan fingerprint density at radius 2 is 1.76 bits per heavy atom. The molecule has 34 heavy (non-hydrogen) atoms. The van der Waals surface area contributed by atoms with E-state index in [0.29, 0.717) is 59.7 Å². The van der Waals surface area contributed by atoms with Gasteiger partial charge in [0.1, 0.15) is 19.3 Å². The normalized spacial score (nSPS) is 13.3. The van der Waals surface area contributed by atoms with Crippen molar-refractivity contribution in [3.63, 3.8) is 0 Å². The molecule has 1 N–H and O–H groups in total. The van der Waals surface area contributed by atoms with E-state index in [2.05, 4.69) is 12.2 Å². The average Bonchev–Trinajstić information content (AvgIpc) is 2.84. The van der Waals surface area contributed by atoms with E-state index >= 15 is 0 Å². The van der Waals surface area contributed by atoms with Crippen LogP contribution in [0.4, 0.5) is 0 Å². The molecule has 0 unspecified atom stereocenters. The van der Waals surface area contributed by atoms with Gasteiger partial charge in [-0.15, -0.1) is 0 Å². The number of halogens is 2. The van der Waals surface area contributed by atoms with Gasteiger partial charge in [-0.2, -0.15) is 0 Å². The molecule has 2 aromatic rings. The van der Waals surface area contributed by atoms with E-state index < -0.39 is 6.04 Å². The van der Waals surface area contributed by atoms with Gasteiger partial charge >= 0.3 is 0 Å². The van der Waals surface area contributed by atoms with Gasteiger partial charge in [-0.1, -0.05) is 55.6 Å². The summed E-state index contributed by atoms with van der Waals surface area (Å²) in [6.07, 6.45) is 3.09. The van der Waals surface area contributed by atoms with Crippen molar-refractivity contribution in [2.75, 3.05) is 19.8 Å². The summed E-state index contributed by atoms with van der Waals surface area (Å²) in [5.41, 5.74) is 1.60. The zero-order valence-electron chi connectivity index (χ0n) is 19.7. The molecule has 0 aromatic heterocycles. The van der Waals surface area contributed by atoms with Gasteiger partial charge < -0.3 is 19.7 Å². The molecule has 1 atom stereocenters. The first-order chi connectivity index (χ1) is 16.4. The summed E-state index contributed by atoms with van der Waals surface area (Å²) in [4.78, 5) is 28.1. The van der Waals surface area contributed by atoms with Gasteiger partial charge in [-0.3, -0.25) is 9.59 Å². The van der Waals surface area contributed by atoms with Crippen molar-refractivity contribution in [2.24, 2.45) is 0 Å². The lowest BCUT2D eigenvalue weighted by molar-refractivity contribution is -0.141. The second kappa shape index (κ2) is 12.9. The summed E-state index contributed by atoms with van der Waals surface area (Å²) >= 11 is 12.8. The third kappa shape index (κ3) is 6.80. The lowest BCUT2D eigenvalue weighted by Gasteiger charge is -2.31. The molecule has 1 aliphatic heterocycles. The van der Waals surface area contributed by atoms with Gasteiger partial charge in [0.25, 0.3) is 0 Å². The minimum Gasteiger partial charge on any atom is -0.486 e. The molecular formula is C26H32Cl2N2O4. The van der Waals surface area contributed by atoms with E-state index in [1.165, 1.54) is 0 Å². The van der Waals surface area contributed by atoms with Crippen LogP contribution in [0, 0.1) is 0 Å². The molecule has 1 aliphatic rings. The van der Waals surface area contributed by atoms with E-state index in [9.17, 15) is 9.59 Å². The van der Waals surface area contributed by atoms with E-state index in [1.807, 2.05) is 25.1 Å². The molecule has 3 rings (SSSR count). The highest BCUT2D eigenvalue weighted by Gasteiger charge is 2.29. The van der Waals surface area contributed by atoms with Gasteiger partial charge in [0.05, 0.1) is 0 Å². The number of carbonyl (C=O) groups is 2. The predicted molar refractivity (Wildman–Crippen MR) is 135 cm³/mol. The molecule has 0 radical (unpaired) electrons. The van der Waals surface area contributed by atoms with Crippen molar-refractivity contribution in [1.82, 2.24) is 10.2 Å². The van der Waals surface area contributed by atoms with E-state index in [0.717, 1.165) is 18.4 Å². The first-order valence-electron chi connectivity index (χ1n) is 11.8. The van der Waals surface area contributed by atoms with Crippen molar-refractivity contribution < 1.29 is 19.1 Å². The number of unbranched alkanes of at least 4 members (excludes halogenated alkanes) is 1. The van der Waals surface area contributed by atoms with Crippen molar-refractivity contribution >= 4 is 35.0 Å². The van der Waals surface area contributed by atoms with Crippen molar-refractivity contribution in [3.05, 3.63) is 57.6 Å². The monoisotopic (exact) mass is 506 g/mol. The zero-order valence-corrected chi connectivity index (χ0v) is 21.3. The van der Waals surface area contributed by atoms with Crippen LogP contribution >= 0.6 is 23.2 Å². The fourth-order valence-corrected chi connectivity index (χ4v) is 4.43. The number of nitrogens with zero attached hydrogens (tertiary/aromatic N) is 1. The Hall–Kier alpha value is -2.44. The van der Waals surface area contributed by atoms with Crippen LogP contribution in [0.3, 0.4) is 0 Å². The summed E-state index contributed by atoms with van der Waals surface area (Å²) in [6, 6.07) is 10.3. The number of carbonyl (C=O) groups excluding carboxylic acids is 2. The fourth-order valence-electron chi connectivity index (χ4n) is 3.92. The highest BCUT2D eigenvalue weighted by molar-refractivity contribution is 6.36. The summed E-state index contributed by atoms with van der Waals surface area (Å²) < 4.78 is 11.2. The Labute approximate surface area is 211 Å². The lowest BCUT2D eigenvalue weighted by Crippen LogP contribution is -2.49. The van der Waals surface area contributed by atoms with Crippen LogP contribution < -0.4 is 14.8 Å². The molecular weight excluding hydrogens is 475 g/mol. The Kier molecular flexibility index (Phi) is 9.90. The second-order valence-corrected chi connectivity index (χ2v) is 9.08. The van der Waals surface area contributed by atoms with E-state index in [-0.39, 0.29) is 24.8 Å². The highest BCUT2D eigenvalue weighted by atomic mass is 35.5. The number of aryl methyl sites for hydroxylation is 1. The van der Waals surface area contributed by atoms with Crippen LogP contribution in [-0.2, 0) is 22.6 Å². The van der Waals surface area contributed by atoms with Gasteiger partial charge in [-0.25, -0.2) is 0 Å². The third-order valence-electron chi connectivity index (χ3n) is 5.84. The van der Waals surface area contributed by atoms with Crippen LogP contribution in [0.15, 0.2) is 36.4 Å². The number of rotatable bonds is 11. The van der Waals surface area contributed by atoms with Gasteiger partial charge in [0, 0.05) is 35.1 Å². The van der Waals surface area contributed by atoms with Gasteiger partial charge in [0.15, 0.2) is 11.5 Å². The number of nitrogens with one attached hydrogen (secondary N) is 1. The molecule has 0 saturated heterocycles. The summed E-state index contributed by atoms with van der Waals surface area (Å²) in [5, 5.41) is 3.91. The molecule has 0 fully saturated rings. The molecule has 184 valence electrons. The Morgan fingerprint density at radius 3 is 2.44 bits per heavy atom. The van der Waals surface area contributed by atoms with Gasteiger partial charge in [-0.05, 0) is 49.1 Å². The zero-order chi connectivity index (χ0) is 24.5. The quantitative estimate of drug-likeness (QED) is 0.413. The van der Waals surface area contributed by atoms with Crippen LogP contribution in [0.1, 0.15) is 50.7 Å². The first-order valence-corrected chi connectivity index (χ1v) is 12.6. The Morgan fingerprint density at radius 1 is 1.06 bits per heavy atom. The number of ether oxygens (including phenoxy) is 2. The smallest absolute Gasteiger partial charge is 0.242 e. The third-order valence-corrected chi connectivity index (χ3v) is 6.55. The second-order valence-electron chi connectivity index (χ2n) is 8.27. The molecule has 2 aromatic carbocycles. The Balaban J connectivity index is 1.78. The molecule has 6 nitrogen and oxygen atoms in total. The molecule has 0 aliphatic carbocycles. The molecule has 0 bridgehead atoms. The largest absolute Gasteiger partial charge is 0.486 e. The van der Waals surface area contributed by atoms with Crippen LogP contribution in [0.25, 0.3) is 0 Å². The SMILES string of the molecule is CCCCNC(=O)[C@@H](CC)N(Cc1c(Cl)cccc1Cl)C(=O)CCc1ccc2c(c1)OCCO2. The maximum absolute atomic E-state index is 13.5. The maximum atomic E-state index is 13.5. The molecule has 8 heteroatoms. The topological polar surface area (TPSA) is 67.9 Å². The summed E-state index contributed by atoms with van der Waals surface area (Å²) in [5.74, 6) is 1.11. The number of hydrogen-bond donors (Lipinski definition) is 1. The van der Waals surface area contributed by atoms with Crippen molar-refractivity contribution in [2.45, 2.75) is 58.5 Å². The molecule has 2 amide bonds. The highest BCUT2D eigenvalue weighted by Crippen LogP contribution is 2.31. The molecule has 0 saturated carbocycles. The Bertz CT molecular complexity index is 979. The fraction of sp³-hybridized carbons (Fsp3) is 0.462. The summed E-state index contributed by atoms with van der Waals surface area (Å²) in [6.45, 7) is 5.75. The van der Waals surface area contributed by atoms with E-state index in [4.69, 9.17) is 32.7 Å². The molecule has 1 heterocycles. The average molecular weight is 507 g/mol. The maximum Gasteiger partial charge on any atom is 0.242 e. The predicted octanol–water partition coefficient (Wildman–Crippen LogP) is 5.42. The number of benzene rings is 2. The number of hydrogen-bond acceptors (Lipinski definition) is 4. The number of amides is 2. The van der Waals surface area contributed by atoms with Crippen molar-refractivity contribution in [3.8, 4) is 11.5 Å². The lowest BCUT2D eigenvalue weighted by atomic mass is 10.1. The van der Waals surface area contributed by atoms with E-state index in [1.54, 1.807) is 23.1 Å². The standard InChI is InChI=1S/C26H32Cl2N2O4/c1-3-5-13-29-26(32)22(4-2)30(17-19-20(27)7-6-8-21(19)28)25(31)12-10-18-9-11-23-24(16-18)34-15-14-33-23/h6-9,11,16,22H,3-5,10,12-15,17H2,1-2H3,(H,29,32)/t22-/m1/s1. The summed E-state index contributed by atoms with van der Waals surface area (Å²) in [7, 11) is 0. The number of fused-ring (bicyclic) bond motifs is 1. The van der Waals surface area contributed by atoms with Crippen LogP contribution in [0.2, 0.25) is 10.0 Å². The van der Waals surface area contributed by atoms with Crippen LogP contribution in [0.5, 0.6) is 11.5 Å². The minimum atomic E-state index is -0.614. The first kappa shape index (κ1) is 26.2. The van der Waals surface area contributed by atoms with Gasteiger partial charge in [0.2, 0.25) is 11.8 Å². The van der Waals surface area contributed by atoms with Crippen molar-refractivity contribution in [1.29, 1.82) is 0 Å². The minimum absolute atomic E-state index is 0.136. The van der Waals surface area contributed by atoms with Crippen LogP contribution in [-0.4, -0.2) is 42.5 Å².